The van der Waals surface area contributed by atoms with Crippen LogP contribution in [0.4, 0.5) is 11.4 Å². The number of hydrogen-bond donors (Lipinski definition) is 0. The van der Waals surface area contributed by atoms with Gasteiger partial charge in [0.25, 0.3) is 0 Å². The molecule has 1 aliphatic heterocycles. The lowest BCUT2D eigenvalue weighted by Crippen LogP contribution is -2.30. The minimum absolute atomic E-state index is 0.164. The van der Waals surface area contributed by atoms with Crippen molar-refractivity contribution in [3.05, 3.63) is 205 Å². The lowest BCUT2D eigenvalue weighted by molar-refractivity contribution is 0.725. The minimum atomic E-state index is 0.164. The second-order valence-electron chi connectivity index (χ2n) is 13.3. The molecule has 0 bridgehead atoms. The van der Waals surface area contributed by atoms with Gasteiger partial charge in [0.15, 0.2) is 0 Å². The number of fused-ring (bicyclic) bond motifs is 7. The summed E-state index contributed by atoms with van der Waals surface area (Å²) < 4.78 is 2.48. The predicted molar refractivity (Wildman–Crippen MR) is 209 cm³/mol. The molecule has 0 saturated heterocycles. The number of rotatable bonds is 5. The van der Waals surface area contributed by atoms with E-state index in [1.54, 1.807) is 0 Å². The quantitative estimate of drug-likeness (QED) is 0.182. The molecule has 1 aromatic heterocycles. The highest BCUT2D eigenvalue weighted by molar-refractivity contribution is 5.95. The summed E-state index contributed by atoms with van der Waals surface area (Å²) in [5.41, 5.74) is 16.3. The van der Waals surface area contributed by atoms with E-state index in [1.165, 1.54) is 78.2 Å². The predicted octanol–water partition coefficient (Wildman–Crippen LogP) is 12.3. The molecule has 0 radical (unpaired) electrons. The first kappa shape index (κ1) is 28.6. The van der Waals surface area contributed by atoms with Crippen LogP contribution in [0.3, 0.4) is 0 Å². The largest absolute Gasteiger partial charge is 0.333 e. The Labute approximate surface area is 292 Å². The van der Waals surface area contributed by atoms with E-state index in [4.69, 9.17) is 0 Å². The zero-order valence-electron chi connectivity index (χ0n) is 27.5. The van der Waals surface area contributed by atoms with Crippen molar-refractivity contribution in [1.29, 1.82) is 0 Å². The van der Waals surface area contributed by atoms with E-state index in [9.17, 15) is 0 Å². The first-order valence-electron chi connectivity index (χ1n) is 17.4. The fourth-order valence-corrected chi connectivity index (χ4v) is 8.34. The van der Waals surface area contributed by atoms with Crippen molar-refractivity contribution in [1.82, 2.24) is 4.57 Å². The van der Waals surface area contributed by atoms with Gasteiger partial charge in [-0.25, -0.2) is 0 Å². The molecule has 2 unspecified atom stereocenters. The van der Waals surface area contributed by atoms with Crippen LogP contribution in [0.25, 0.3) is 56.0 Å². The van der Waals surface area contributed by atoms with E-state index in [0.29, 0.717) is 0 Å². The third-order valence-electron chi connectivity index (χ3n) is 10.5. The van der Waals surface area contributed by atoms with Crippen molar-refractivity contribution >= 4 is 28.4 Å². The summed E-state index contributed by atoms with van der Waals surface area (Å²) in [6, 6.07) is 66.4. The summed E-state index contributed by atoms with van der Waals surface area (Å²) in [7, 11) is 0. The van der Waals surface area contributed by atoms with Crippen molar-refractivity contribution in [2.75, 3.05) is 4.90 Å². The zero-order chi connectivity index (χ0) is 33.0. The number of hydrogen-bond acceptors (Lipinski definition) is 1. The van der Waals surface area contributed by atoms with Gasteiger partial charge in [0.1, 0.15) is 0 Å². The summed E-state index contributed by atoms with van der Waals surface area (Å²) in [6.07, 6.45) is 4.81. The molecule has 1 aliphatic carbocycles. The molecule has 236 valence electrons. The zero-order valence-corrected chi connectivity index (χ0v) is 27.5. The summed E-state index contributed by atoms with van der Waals surface area (Å²) in [5.74, 6) is 0.198. The molecule has 8 aromatic rings. The molecular weight excluding hydrogens is 605 g/mol. The molecule has 0 N–H and O–H groups in total. The summed E-state index contributed by atoms with van der Waals surface area (Å²) >= 11 is 0. The Bertz CT molecular complexity index is 2560. The summed E-state index contributed by atoms with van der Waals surface area (Å²) in [4.78, 5) is 2.55. The molecule has 2 atom stereocenters. The van der Waals surface area contributed by atoms with Gasteiger partial charge in [-0.3, -0.25) is 0 Å². The highest BCUT2D eigenvalue weighted by Crippen LogP contribution is 2.54. The SMILES string of the molecule is C1=CC2C(c3ccccc3N2c2cccc(-c3ccccc3)c2)c2c1n(-c1cccc(-c3cccc(-c4ccccc4)c3)c1)c1ccccc21. The van der Waals surface area contributed by atoms with Crippen LogP contribution in [-0.2, 0) is 0 Å². The molecule has 0 spiro atoms. The smallest absolute Gasteiger partial charge is 0.0637 e. The van der Waals surface area contributed by atoms with Gasteiger partial charge in [-0.2, -0.15) is 0 Å². The molecule has 2 aliphatic rings. The Hall–Kier alpha value is -6.38. The number of anilines is 2. The lowest BCUT2D eigenvalue weighted by atomic mass is 9.82. The van der Waals surface area contributed by atoms with Crippen LogP contribution in [0.1, 0.15) is 22.7 Å². The van der Waals surface area contributed by atoms with Crippen LogP contribution in [0.15, 0.2) is 188 Å². The Kier molecular flexibility index (Phi) is 6.67. The van der Waals surface area contributed by atoms with E-state index in [1.807, 2.05) is 0 Å². The van der Waals surface area contributed by atoms with E-state index in [0.717, 1.165) is 0 Å². The molecule has 0 fully saturated rings. The number of nitrogens with zero attached hydrogens (tertiary/aromatic N) is 2. The van der Waals surface area contributed by atoms with Crippen LogP contribution in [0, 0.1) is 0 Å². The third-order valence-corrected chi connectivity index (χ3v) is 10.5. The summed E-state index contributed by atoms with van der Waals surface area (Å²) in [6.45, 7) is 0. The van der Waals surface area contributed by atoms with Crippen molar-refractivity contribution in [3.8, 4) is 39.1 Å². The minimum Gasteiger partial charge on any atom is -0.333 e. The fraction of sp³-hybridized carbons (Fsp3) is 0.0417. The van der Waals surface area contributed by atoms with Crippen molar-refractivity contribution in [3.63, 3.8) is 0 Å². The van der Waals surface area contributed by atoms with Crippen molar-refractivity contribution < 1.29 is 0 Å². The first-order chi connectivity index (χ1) is 24.8. The Morgan fingerprint density at radius 1 is 0.420 bits per heavy atom. The maximum Gasteiger partial charge on any atom is 0.0637 e. The maximum atomic E-state index is 2.55. The van der Waals surface area contributed by atoms with Gasteiger partial charge >= 0.3 is 0 Å². The summed E-state index contributed by atoms with van der Waals surface area (Å²) in [5, 5.41) is 1.31. The standard InChI is InChI=1S/C48H34N2/c1-3-14-33(15-4-1)35-18-11-19-36(30-35)38-21-13-23-40(32-38)50-44-27-10-8-25-42(44)48-46(50)29-28-45-47(48)41-24-7-9-26-43(41)49(45)39-22-12-20-37(31-39)34-16-5-2-6-17-34/h1-32,45,47H. The third kappa shape index (κ3) is 4.57. The van der Waals surface area contributed by atoms with Crippen LogP contribution >= 0.6 is 0 Å². The molecular formula is C48H34N2. The van der Waals surface area contributed by atoms with Crippen molar-refractivity contribution in [2.45, 2.75) is 12.0 Å². The van der Waals surface area contributed by atoms with E-state index in [2.05, 4.69) is 204 Å². The monoisotopic (exact) mass is 638 g/mol. The topological polar surface area (TPSA) is 8.17 Å². The first-order valence-corrected chi connectivity index (χ1v) is 17.4. The number of para-hydroxylation sites is 2. The van der Waals surface area contributed by atoms with E-state index < -0.39 is 0 Å². The van der Waals surface area contributed by atoms with Gasteiger partial charge in [-0.1, -0.05) is 146 Å². The Morgan fingerprint density at radius 3 is 1.72 bits per heavy atom. The molecule has 2 heterocycles. The number of aromatic nitrogens is 1. The molecule has 7 aromatic carbocycles. The fourth-order valence-electron chi connectivity index (χ4n) is 8.34. The Morgan fingerprint density at radius 2 is 0.960 bits per heavy atom. The highest BCUT2D eigenvalue weighted by Gasteiger charge is 2.43. The van der Waals surface area contributed by atoms with Gasteiger partial charge in [0, 0.05) is 28.4 Å². The second kappa shape index (κ2) is 11.6. The van der Waals surface area contributed by atoms with Crippen molar-refractivity contribution in [2.24, 2.45) is 0 Å². The van der Waals surface area contributed by atoms with Crippen LogP contribution < -0.4 is 4.90 Å². The molecule has 0 amide bonds. The molecule has 0 saturated carbocycles. The van der Waals surface area contributed by atoms with Gasteiger partial charge in [-0.15, -0.1) is 0 Å². The number of benzene rings is 7. The van der Waals surface area contributed by atoms with E-state index in [-0.39, 0.29) is 12.0 Å². The Balaban J connectivity index is 1.11. The van der Waals surface area contributed by atoms with Gasteiger partial charge < -0.3 is 9.47 Å². The maximum absolute atomic E-state index is 2.55. The average Bonchev–Trinajstić information content (AvgIpc) is 3.72. The van der Waals surface area contributed by atoms with Crippen LogP contribution in [0.5, 0.6) is 0 Å². The van der Waals surface area contributed by atoms with Crippen LogP contribution in [0.2, 0.25) is 0 Å². The normalized spacial score (nSPS) is 15.9. The van der Waals surface area contributed by atoms with Crippen LogP contribution in [-0.4, -0.2) is 10.6 Å². The molecule has 2 nitrogen and oxygen atoms in total. The van der Waals surface area contributed by atoms with Gasteiger partial charge in [-0.05, 0) is 93.0 Å². The van der Waals surface area contributed by atoms with Gasteiger partial charge in [0.2, 0.25) is 0 Å². The molecule has 2 heteroatoms. The molecule has 50 heavy (non-hydrogen) atoms. The average molecular weight is 639 g/mol. The second-order valence-corrected chi connectivity index (χ2v) is 13.3. The lowest BCUT2D eigenvalue weighted by Gasteiger charge is -2.31. The molecule has 10 rings (SSSR count). The van der Waals surface area contributed by atoms with Gasteiger partial charge in [0.05, 0.1) is 17.3 Å². The van der Waals surface area contributed by atoms with E-state index >= 15 is 0 Å². The highest BCUT2D eigenvalue weighted by atomic mass is 15.2.